The third-order valence-electron chi connectivity index (χ3n) is 2.09. The highest BCUT2D eigenvalue weighted by Crippen LogP contribution is 2.07. The van der Waals surface area contributed by atoms with Crippen molar-refractivity contribution < 1.29 is 4.79 Å². The first kappa shape index (κ1) is 10.7. The molecule has 1 rings (SSSR count). The van der Waals surface area contributed by atoms with E-state index in [2.05, 4.69) is 6.58 Å². The molecule has 0 aliphatic heterocycles. The third kappa shape index (κ3) is 2.54. The first-order chi connectivity index (χ1) is 6.65. The Hall–Kier alpha value is -1.41. The molecule has 0 aliphatic rings. The van der Waals surface area contributed by atoms with Gasteiger partial charge in [0, 0.05) is 5.56 Å². The molecule has 0 saturated heterocycles. The molecule has 1 unspecified atom stereocenters. The second-order valence-corrected chi connectivity index (χ2v) is 3.36. The molecule has 1 atom stereocenters. The molecule has 0 radical (unpaired) electrons. The first-order valence-corrected chi connectivity index (χ1v) is 4.62. The zero-order valence-corrected chi connectivity index (χ0v) is 8.36. The van der Waals surface area contributed by atoms with Crippen molar-refractivity contribution in [2.24, 2.45) is 5.73 Å². The molecule has 2 heteroatoms. The summed E-state index contributed by atoms with van der Waals surface area (Å²) in [4.78, 5) is 11.7. The van der Waals surface area contributed by atoms with Crippen LogP contribution in [-0.4, -0.2) is 11.8 Å². The van der Waals surface area contributed by atoms with Gasteiger partial charge in [-0.3, -0.25) is 4.79 Å². The average molecular weight is 189 g/mol. The molecule has 0 spiro atoms. The van der Waals surface area contributed by atoms with Crippen LogP contribution in [0.1, 0.15) is 22.3 Å². The molecule has 14 heavy (non-hydrogen) atoms. The summed E-state index contributed by atoms with van der Waals surface area (Å²) in [6.07, 6.45) is 2.18. The molecule has 0 saturated carbocycles. The van der Waals surface area contributed by atoms with Gasteiger partial charge in [0.05, 0.1) is 6.04 Å². The summed E-state index contributed by atoms with van der Waals surface area (Å²) in [7, 11) is 0. The molecule has 0 amide bonds. The zero-order valence-electron chi connectivity index (χ0n) is 8.36. The standard InChI is InChI=1S/C12H15NO/c1-3-4-11(13)12(14)10-7-5-9(2)6-8-10/h3,5-8,11H,1,4,13H2,2H3. The molecule has 2 nitrogen and oxygen atoms in total. The number of ketones is 1. The summed E-state index contributed by atoms with van der Waals surface area (Å²) in [5.74, 6) is -0.0232. The molecule has 0 aromatic heterocycles. The van der Waals surface area contributed by atoms with Crippen molar-refractivity contribution in [3.63, 3.8) is 0 Å². The van der Waals surface area contributed by atoms with Gasteiger partial charge >= 0.3 is 0 Å². The molecule has 0 bridgehead atoms. The van der Waals surface area contributed by atoms with Gasteiger partial charge < -0.3 is 5.73 Å². The van der Waals surface area contributed by atoms with E-state index < -0.39 is 6.04 Å². The minimum Gasteiger partial charge on any atom is -0.321 e. The third-order valence-corrected chi connectivity index (χ3v) is 2.09. The van der Waals surface area contributed by atoms with E-state index in [4.69, 9.17) is 5.73 Å². The summed E-state index contributed by atoms with van der Waals surface area (Å²) >= 11 is 0. The van der Waals surface area contributed by atoms with Gasteiger partial charge in [-0.1, -0.05) is 35.9 Å². The van der Waals surface area contributed by atoms with E-state index in [1.807, 2.05) is 19.1 Å². The smallest absolute Gasteiger partial charge is 0.179 e. The van der Waals surface area contributed by atoms with Crippen molar-refractivity contribution in [1.29, 1.82) is 0 Å². The molecule has 0 aliphatic carbocycles. The first-order valence-electron chi connectivity index (χ1n) is 4.62. The van der Waals surface area contributed by atoms with Crippen LogP contribution in [0.3, 0.4) is 0 Å². The Morgan fingerprint density at radius 2 is 2.07 bits per heavy atom. The van der Waals surface area contributed by atoms with Gasteiger partial charge in [0.15, 0.2) is 5.78 Å². The molecular formula is C12H15NO. The van der Waals surface area contributed by atoms with Gasteiger partial charge in [0.1, 0.15) is 0 Å². The van der Waals surface area contributed by atoms with Crippen LogP contribution >= 0.6 is 0 Å². The summed E-state index contributed by atoms with van der Waals surface area (Å²) in [6.45, 7) is 5.54. The van der Waals surface area contributed by atoms with Crippen molar-refractivity contribution in [2.75, 3.05) is 0 Å². The number of hydrogen-bond acceptors (Lipinski definition) is 2. The number of carbonyl (C=O) groups excluding carboxylic acids is 1. The summed E-state index contributed by atoms with van der Waals surface area (Å²) in [5.41, 5.74) is 7.49. The zero-order chi connectivity index (χ0) is 10.6. The lowest BCUT2D eigenvalue weighted by Crippen LogP contribution is -2.29. The van der Waals surface area contributed by atoms with Crippen molar-refractivity contribution in [1.82, 2.24) is 0 Å². The van der Waals surface area contributed by atoms with E-state index in [1.165, 1.54) is 0 Å². The van der Waals surface area contributed by atoms with Crippen LogP contribution in [0.15, 0.2) is 36.9 Å². The maximum Gasteiger partial charge on any atom is 0.179 e. The number of benzene rings is 1. The predicted octanol–water partition coefficient (Wildman–Crippen LogP) is 2.08. The Morgan fingerprint density at radius 3 is 2.57 bits per heavy atom. The van der Waals surface area contributed by atoms with Gasteiger partial charge in [-0.05, 0) is 13.3 Å². The van der Waals surface area contributed by atoms with Crippen molar-refractivity contribution in [2.45, 2.75) is 19.4 Å². The Bertz CT molecular complexity index is 327. The van der Waals surface area contributed by atoms with Gasteiger partial charge in [0.2, 0.25) is 0 Å². The lowest BCUT2D eigenvalue weighted by Gasteiger charge is -2.07. The highest BCUT2D eigenvalue weighted by Gasteiger charge is 2.13. The SMILES string of the molecule is C=CCC(N)C(=O)c1ccc(C)cc1. The van der Waals surface area contributed by atoms with E-state index in [-0.39, 0.29) is 5.78 Å². The summed E-state index contributed by atoms with van der Waals surface area (Å²) in [5, 5.41) is 0. The Labute approximate surface area is 84.4 Å². The average Bonchev–Trinajstić information content (AvgIpc) is 2.18. The summed E-state index contributed by atoms with van der Waals surface area (Å²) in [6, 6.07) is 6.97. The van der Waals surface area contributed by atoms with Crippen molar-refractivity contribution >= 4 is 5.78 Å². The van der Waals surface area contributed by atoms with Crippen LogP contribution in [-0.2, 0) is 0 Å². The lowest BCUT2D eigenvalue weighted by molar-refractivity contribution is 0.0962. The number of hydrogen-bond donors (Lipinski definition) is 1. The van der Waals surface area contributed by atoms with E-state index in [9.17, 15) is 4.79 Å². The van der Waals surface area contributed by atoms with Crippen LogP contribution in [0.4, 0.5) is 0 Å². The quantitative estimate of drug-likeness (QED) is 0.582. The number of Topliss-reactive ketones (excluding diaryl/α,β-unsaturated/α-hetero) is 1. The molecule has 74 valence electrons. The van der Waals surface area contributed by atoms with Crippen LogP contribution in [0.5, 0.6) is 0 Å². The van der Waals surface area contributed by atoms with Gasteiger partial charge in [-0.15, -0.1) is 6.58 Å². The molecule has 1 aromatic carbocycles. The second kappa shape index (κ2) is 4.72. The Kier molecular flexibility index (Phi) is 3.60. The Balaban J connectivity index is 2.78. The molecular weight excluding hydrogens is 174 g/mol. The van der Waals surface area contributed by atoms with Gasteiger partial charge in [-0.25, -0.2) is 0 Å². The minimum absolute atomic E-state index is 0.0232. The van der Waals surface area contributed by atoms with E-state index in [0.29, 0.717) is 12.0 Å². The van der Waals surface area contributed by atoms with Crippen LogP contribution in [0, 0.1) is 6.92 Å². The number of carbonyl (C=O) groups is 1. The van der Waals surface area contributed by atoms with Gasteiger partial charge in [0.25, 0.3) is 0 Å². The van der Waals surface area contributed by atoms with Crippen molar-refractivity contribution in [3.8, 4) is 0 Å². The molecule has 0 fully saturated rings. The van der Waals surface area contributed by atoms with Gasteiger partial charge in [-0.2, -0.15) is 0 Å². The fraction of sp³-hybridized carbons (Fsp3) is 0.250. The summed E-state index contributed by atoms with van der Waals surface area (Å²) < 4.78 is 0. The fourth-order valence-corrected chi connectivity index (χ4v) is 1.22. The maximum atomic E-state index is 11.7. The topological polar surface area (TPSA) is 43.1 Å². The van der Waals surface area contributed by atoms with Crippen LogP contribution in [0.25, 0.3) is 0 Å². The van der Waals surface area contributed by atoms with E-state index in [0.717, 1.165) is 5.56 Å². The van der Waals surface area contributed by atoms with Crippen molar-refractivity contribution in [3.05, 3.63) is 48.0 Å². The molecule has 1 aromatic rings. The maximum absolute atomic E-state index is 11.7. The highest BCUT2D eigenvalue weighted by molar-refractivity contribution is 6.00. The van der Waals surface area contributed by atoms with E-state index in [1.54, 1.807) is 18.2 Å². The normalized spacial score (nSPS) is 12.1. The van der Waals surface area contributed by atoms with E-state index >= 15 is 0 Å². The Morgan fingerprint density at radius 1 is 1.50 bits per heavy atom. The fourth-order valence-electron chi connectivity index (χ4n) is 1.22. The molecule has 0 heterocycles. The largest absolute Gasteiger partial charge is 0.321 e. The number of rotatable bonds is 4. The predicted molar refractivity (Wildman–Crippen MR) is 58.3 cm³/mol. The van der Waals surface area contributed by atoms with Crippen LogP contribution < -0.4 is 5.73 Å². The van der Waals surface area contributed by atoms with Crippen LogP contribution in [0.2, 0.25) is 0 Å². The molecule has 2 N–H and O–H groups in total. The number of nitrogens with two attached hydrogens (primary N) is 1. The second-order valence-electron chi connectivity index (χ2n) is 3.36. The highest BCUT2D eigenvalue weighted by atomic mass is 16.1. The monoisotopic (exact) mass is 189 g/mol. The lowest BCUT2D eigenvalue weighted by atomic mass is 10.0. The minimum atomic E-state index is -0.463. The number of aryl methyl sites for hydroxylation is 1.